The first-order chi connectivity index (χ1) is 9.15. The molecule has 19 heavy (non-hydrogen) atoms. The average molecular weight is 374 g/mol. The van der Waals surface area contributed by atoms with Crippen molar-refractivity contribution in [2.45, 2.75) is 13.5 Å². The number of halogens is 1. The topological polar surface area (TPSA) is 32.8 Å². The third-order valence-corrected chi connectivity index (χ3v) is 3.99. The summed E-state index contributed by atoms with van der Waals surface area (Å²) in [5.74, 6) is 0.476. The Morgan fingerprint density at radius 3 is 2.79 bits per heavy atom. The maximum atomic E-state index is 12.1. The molecule has 0 aromatic heterocycles. The third kappa shape index (κ3) is 4.65. The molecule has 1 heterocycles. The molecule has 1 atom stereocenters. The fourth-order valence-electron chi connectivity index (χ4n) is 2.16. The van der Waals surface area contributed by atoms with E-state index in [-0.39, 0.29) is 6.09 Å². The van der Waals surface area contributed by atoms with E-state index in [0.29, 0.717) is 12.5 Å². The van der Waals surface area contributed by atoms with Crippen LogP contribution < -0.4 is 0 Å². The quantitative estimate of drug-likeness (QED) is 0.590. The summed E-state index contributed by atoms with van der Waals surface area (Å²) in [4.78, 5) is 13.9. The fraction of sp³-hybridized carbons (Fsp3) is 0.500. The van der Waals surface area contributed by atoms with Gasteiger partial charge in [0, 0.05) is 49.0 Å². The first kappa shape index (κ1) is 14.6. The largest absolute Gasteiger partial charge is 0.445 e. The molecule has 0 bridgehead atoms. The van der Waals surface area contributed by atoms with E-state index in [9.17, 15) is 4.79 Å². The highest BCUT2D eigenvalue weighted by molar-refractivity contribution is 14.1. The molecule has 1 fully saturated rings. The van der Waals surface area contributed by atoms with Gasteiger partial charge in [-0.25, -0.2) is 7.91 Å². The van der Waals surface area contributed by atoms with Gasteiger partial charge in [0.05, 0.1) is 0 Å². The van der Waals surface area contributed by atoms with Gasteiger partial charge in [-0.2, -0.15) is 0 Å². The second-order valence-electron chi connectivity index (χ2n) is 4.96. The van der Waals surface area contributed by atoms with Crippen LogP contribution in [0.2, 0.25) is 0 Å². The van der Waals surface area contributed by atoms with E-state index >= 15 is 0 Å². The second-order valence-corrected chi connectivity index (χ2v) is 6.32. The van der Waals surface area contributed by atoms with Crippen LogP contribution >= 0.6 is 22.9 Å². The van der Waals surface area contributed by atoms with Gasteiger partial charge >= 0.3 is 6.09 Å². The maximum absolute atomic E-state index is 12.1. The lowest BCUT2D eigenvalue weighted by atomic mass is 10.2. The van der Waals surface area contributed by atoms with Crippen molar-refractivity contribution in [3.63, 3.8) is 0 Å². The molecule has 0 radical (unpaired) electrons. The molecular formula is C14H19IN2O2. The molecule has 1 unspecified atom stereocenters. The van der Waals surface area contributed by atoms with Gasteiger partial charge in [0.25, 0.3) is 0 Å². The Kier molecular flexibility index (Phi) is 5.45. The van der Waals surface area contributed by atoms with Crippen molar-refractivity contribution in [3.8, 4) is 0 Å². The average Bonchev–Trinajstić information content (AvgIpc) is 2.58. The van der Waals surface area contributed by atoms with Gasteiger partial charge in [0.1, 0.15) is 6.61 Å². The number of nitrogens with zero attached hydrogens (tertiary/aromatic N) is 2. The molecule has 1 saturated heterocycles. The van der Waals surface area contributed by atoms with Crippen molar-refractivity contribution in [2.75, 3.05) is 26.2 Å². The van der Waals surface area contributed by atoms with E-state index in [2.05, 4.69) is 32.9 Å². The number of rotatable bonds is 2. The summed E-state index contributed by atoms with van der Waals surface area (Å²) in [5, 5.41) is 0. The van der Waals surface area contributed by atoms with Crippen LogP contribution in [0.4, 0.5) is 4.79 Å². The highest BCUT2D eigenvalue weighted by Gasteiger charge is 2.23. The van der Waals surface area contributed by atoms with Crippen LogP contribution in [-0.4, -0.2) is 40.3 Å². The maximum Gasteiger partial charge on any atom is 0.410 e. The lowest BCUT2D eigenvalue weighted by molar-refractivity contribution is 0.0950. The zero-order valence-corrected chi connectivity index (χ0v) is 13.2. The molecule has 1 amide bonds. The molecule has 1 aliphatic heterocycles. The van der Waals surface area contributed by atoms with Crippen LogP contribution in [0.1, 0.15) is 12.5 Å². The van der Waals surface area contributed by atoms with Crippen LogP contribution in [0.25, 0.3) is 0 Å². The molecule has 1 aromatic rings. The van der Waals surface area contributed by atoms with Crippen LogP contribution in [0.5, 0.6) is 0 Å². The Morgan fingerprint density at radius 2 is 2.05 bits per heavy atom. The Morgan fingerprint density at radius 1 is 1.32 bits per heavy atom. The fourth-order valence-corrected chi connectivity index (χ4v) is 3.05. The van der Waals surface area contributed by atoms with Gasteiger partial charge in [0.15, 0.2) is 0 Å². The summed E-state index contributed by atoms with van der Waals surface area (Å²) < 4.78 is 7.60. The molecule has 1 aliphatic rings. The van der Waals surface area contributed by atoms with Gasteiger partial charge in [-0.05, 0) is 11.5 Å². The molecule has 5 heteroatoms. The predicted molar refractivity (Wildman–Crippen MR) is 83.0 cm³/mol. The number of ether oxygens (including phenoxy) is 1. The Balaban J connectivity index is 1.85. The van der Waals surface area contributed by atoms with E-state index in [1.165, 1.54) is 0 Å². The third-order valence-electron chi connectivity index (χ3n) is 3.12. The number of hydrogen-bond donors (Lipinski definition) is 0. The van der Waals surface area contributed by atoms with Gasteiger partial charge in [-0.1, -0.05) is 37.3 Å². The SMILES string of the molecule is CC1CN(I)CCN(C(=O)OCc2ccccc2)C1. The van der Waals surface area contributed by atoms with E-state index in [4.69, 9.17) is 4.74 Å². The highest BCUT2D eigenvalue weighted by atomic mass is 127. The minimum atomic E-state index is -0.206. The van der Waals surface area contributed by atoms with Crippen molar-refractivity contribution in [3.05, 3.63) is 35.9 Å². The van der Waals surface area contributed by atoms with Crippen molar-refractivity contribution in [1.82, 2.24) is 8.01 Å². The van der Waals surface area contributed by atoms with E-state index in [0.717, 1.165) is 31.7 Å². The minimum Gasteiger partial charge on any atom is -0.445 e. The Hall–Kier alpha value is -0.820. The van der Waals surface area contributed by atoms with Crippen LogP contribution in [0.15, 0.2) is 30.3 Å². The zero-order chi connectivity index (χ0) is 13.7. The van der Waals surface area contributed by atoms with Crippen LogP contribution in [-0.2, 0) is 11.3 Å². The van der Waals surface area contributed by atoms with Gasteiger partial charge in [-0.3, -0.25) is 0 Å². The lowest BCUT2D eigenvalue weighted by Crippen LogP contribution is -2.35. The summed E-state index contributed by atoms with van der Waals surface area (Å²) in [7, 11) is 0. The normalized spacial score (nSPS) is 20.9. The van der Waals surface area contributed by atoms with E-state index in [1.54, 1.807) is 0 Å². The van der Waals surface area contributed by atoms with Crippen LogP contribution in [0.3, 0.4) is 0 Å². The standard InChI is InChI=1S/C14H19IN2O2/c1-12-9-16(7-8-17(15)10-12)14(18)19-11-13-5-3-2-4-6-13/h2-6,12H,7-11H2,1H3. The second kappa shape index (κ2) is 7.09. The molecule has 0 spiro atoms. The lowest BCUT2D eigenvalue weighted by Gasteiger charge is -2.21. The van der Waals surface area contributed by atoms with Crippen molar-refractivity contribution >= 4 is 29.0 Å². The number of benzene rings is 1. The highest BCUT2D eigenvalue weighted by Crippen LogP contribution is 2.13. The number of hydrogen-bond acceptors (Lipinski definition) is 3. The van der Waals surface area contributed by atoms with Crippen molar-refractivity contribution in [2.24, 2.45) is 5.92 Å². The first-order valence-corrected chi connectivity index (χ1v) is 7.48. The Labute approximate surface area is 128 Å². The van der Waals surface area contributed by atoms with E-state index in [1.807, 2.05) is 35.2 Å². The summed E-state index contributed by atoms with van der Waals surface area (Å²) >= 11 is 2.32. The Bertz CT molecular complexity index is 413. The van der Waals surface area contributed by atoms with Gasteiger partial charge in [0.2, 0.25) is 0 Å². The molecule has 104 valence electrons. The molecule has 1 aromatic carbocycles. The molecule has 4 nitrogen and oxygen atoms in total. The molecular weight excluding hydrogens is 355 g/mol. The molecule has 0 N–H and O–H groups in total. The number of carbonyl (C=O) groups excluding carboxylic acids is 1. The molecule has 0 saturated carbocycles. The van der Waals surface area contributed by atoms with Crippen LogP contribution in [0, 0.1) is 5.92 Å². The van der Waals surface area contributed by atoms with Crippen molar-refractivity contribution < 1.29 is 9.53 Å². The summed E-state index contributed by atoms with van der Waals surface area (Å²) in [6.45, 7) is 5.93. The number of amides is 1. The number of carbonyl (C=O) groups is 1. The van der Waals surface area contributed by atoms with Gasteiger partial charge in [-0.15, -0.1) is 0 Å². The predicted octanol–water partition coefficient (Wildman–Crippen LogP) is 2.93. The zero-order valence-electron chi connectivity index (χ0n) is 11.1. The molecule has 0 aliphatic carbocycles. The first-order valence-electron chi connectivity index (χ1n) is 6.51. The summed E-state index contributed by atoms with van der Waals surface area (Å²) in [6.07, 6.45) is -0.206. The summed E-state index contributed by atoms with van der Waals surface area (Å²) in [6, 6.07) is 9.78. The van der Waals surface area contributed by atoms with E-state index < -0.39 is 0 Å². The minimum absolute atomic E-state index is 0.206. The molecule has 2 rings (SSSR count). The van der Waals surface area contributed by atoms with Gasteiger partial charge < -0.3 is 9.64 Å². The van der Waals surface area contributed by atoms with Crippen molar-refractivity contribution in [1.29, 1.82) is 0 Å². The monoisotopic (exact) mass is 374 g/mol. The summed E-state index contributed by atoms with van der Waals surface area (Å²) in [5.41, 5.74) is 1.02. The smallest absolute Gasteiger partial charge is 0.410 e.